The van der Waals surface area contributed by atoms with E-state index in [4.69, 9.17) is 0 Å². The quantitative estimate of drug-likeness (QED) is 0.598. The predicted octanol–water partition coefficient (Wildman–Crippen LogP) is 4.74. The first kappa shape index (κ1) is 14.2. The summed E-state index contributed by atoms with van der Waals surface area (Å²) in [4.78, 5) is 0. The fourth-order valence-corrected chi connectivity index (χ4v) is 8.12. The fraction of sp³-hybridized carbons (Fsp3) is 0.429. The van der Waals surface area contributed by atoms with E-state index >= 15 is 0 Å². The van der Waals surface area contributed by atoms with E-state index in [2.05, 4.69) is 38.2 Å². The van der Waals surface area contributed by atoms with Crippen LogP contribution in [0.2, 0.25) is 0 Å². The zero-order valence-corrected chi connectivity index (χ0v) is 14.5. The molecular weight excluding hydrogens is 382 g/mol. The second-order valence-corrected chi connectivity index (χ2v) is 9.29. The third-order valence-corrected chi connectivity index (χ3v) is 9.06. The van der Waals surface area contributed by atoms with Gasteiger partial charge in [0, 0.05) is 0 Å². The molecule has 0 aromatic carbocycles. The summed E-state index contributed by atoms with van der Waals surface area (Å²) in [6.07, 6.45) is 14.4. The van der Waals surface area contributed by atoms with Gasteiger partial charge >= 0.3 is 105 Å². The molecule has 0 unspecified atom stereocenters. The first-order chi connectivity index (χ1) is 7.35. The van der Waals surface area contributed by atoms with Crippen LogP contribution in [0.25, 0.3) is 0 Å². The molecule has 0 nitrogen and oxygen atoms in total. The second-order valence-electron chi connectivity index (χ2n) is 4.05. The monoisotopic (exact) mass is 402 g/mol. The molecule has 86 valence electrons. The van der Waals surface area contributed by atoms with Crippen molar-refractivity contribution < 1.29 is 22.9 Å². The van der Waals surface area contributed by atoms with E-state index in [1.54, 1.807) is 11.1 Å². The van der Waals surface area contributed by atoms with E-state index in [0.717, 1.165) is 0 Å². The molecule has 0 heterocycles. The van der Waals surface area contributed by atoms with Crippen molar-refractivity contribution in [2.75, 3.05) is 0 Å². The minimum Gasteiger partial charge on any atom is -0.147 e. The standard InChI is InChI=1S/2C7H9.ClH.Hf/c2*1-2-7-5-3-4-6-7;;/h2*3,5H,2,4H2,1H3;1H;. The van der Waals surface area contributed by atoms with E-state index in [1.165, 1.54) is 25.7 Å². The second kappa shape index (κ2) is 6.76. The van der Waals surface area contributed by atoms with Crippen molar-refractivity contribution in [3.8, 4) is 0 Å². The van der Waals surface area contributed by atoms with Crippen LogP contribution in [0.3, 0.4) is 0 Å². The number of allylic oxidation sites excluding steroid dienone is 8. The Balaban J connectivity index is 0.00000128. The SMILES string of the molecule is CCC1=[C]([Hf][C]2=C(CC)C=CC2)CC=C1.Cl. The molecular formula is C14H19ClHf. The van der Waals surface area contributed by atoms with Crippen LogP contribution >= 0.6 is 12.4 Å². The summed E-state index contributed by atoms with van der Waals surface area (Å²) in [5.41, 5.74) is 3.32. The molecule has 0 spiro atoms. The Morgan fingerprint density at radius 1 is 0.938 bits per heavy atom. The summed E-state index contributed by atoms with van der Waals surface area (Å²) in [6.45, 7) is 4.58. The molecule has 0 atom stereocenters. The van der Waals surface area contributed by atoms with Gasteiger partial charge in [0.15, 0.2) is 0 Å². The van der Waals surface area contributed by atoms with Gasteiger partial charge in [-0.1, -0.05) is 0 Å². The molecule has 2 aliphatic carbocycles. The first-order valence-corrected chi connectivity index (χ1v) is 9.48. The normalized spacial score (nSPS) is 18.4. The van der Waals surface area contributed by atoms with Gasteiger partial charge in [0.2, 0.25) is 0 Å². The van der Waals surface area contributed by atoms with Crippen molar-refractivity contribution in [1.82, 2.24) is 0 Å². The molecule has 2 heteroatoms. The molecule has 0 amide bonds. The maximum atomic E-state index is 2.36. The largest absolute Gasteiger partial charge is 0.147 e. The van der Waals surface area contributed by atoms with Crippen molar-refractivity contribution in [1.29, 1.82) is 0 Å². The molecule has 0 aliphatic heterocycles. The maximum Gasteiger partial charge on any atom is -0.147 e. The van der Waals surface area contributed by atoms with Crippen LogP contribution in [0.1, 0.15) is 39.5 Å². The average Bonchev–Trinajstić information content (AvgIpc) is 2.87. The summed E-state index contributed by atoms with van der Waals surface area (Å²) in [5, 5.41) is 0. The molecule has 0 saturated heterocycles. The number of rotatable bonds is 4. The van der Waals surface area contributed by atoms with Crippen LogP contribution in [-0.4, -0.2) is 0 Å². The third-order valence-electron chi connectivity index (χ3n) is 3.12. The van der Waals surface area contributed by atoms with Crippen molar-refractivity contribution >= 4 is 12.4 Å². The molecule has 0 aromatic heterocycles. The molecule has 0 bridgehead atoms. The first-order valence-electron chi connectivity index (χ1n) is 5.89. The topological polar surface area (TPSA) is 0 Å². The van der Waals surface area contributed by atoms with Gasteiger partial charge in [-0.2, -0.15) is 0 Å². The summed E-state index contributed by atoms with van der Waals surface area (Å²) >= 11 is -0.652. The van der Waals surface area contributed by atoms with Gasteiger partial charge in [-0.05, 0) is 0 Å². The van der Waals surface area contributed by atoms with Gasteiger partial charge < -0.3 is 0 Å². The minimum atomic E-state index is -0.652. The molecule has 0 aromatic rings. The van der Waals surface area contributed by atoms with Gasteiger partial charge in [0.05, 0.1) is 0 Å². The molecule has 2 rings (SSSR count). The van der Waals surface area contributed by atoms with Gasteiger partial charge in [-0.3, -0.25) is 0 Å². The number of hydrogen-bond donors (Lipinski definition) is 0. The van der Waals surface area contributed by atoms with Crippen LogP contribution in [0.4, 0.5) is 0 Å². The molecule has 0 radical (unpaired) electrons. The summed E-state index contributed by atoms with van der Waals surface area (Å²) < 4.78 is 3.70. The molecule has 2 aliphatic rings. The number of hydrogen-bond acceptors (Lipinski definition) is 0. The third kappa shape index (κ3) is 3.07. The van der Waals surface area contributed by atoms with E-state index in [0.29, 0.717) is 0 Å². The van der Waals surface area contributed by atoms with Gasteiger partial charge in [0.1, 0.15) is 0 Å². The molecule has 16 heavy (non-hydrogen) atoms. The van der Waals surface area contributed by atoms with E-state index < -0.39 is 22.9 Å². The van der Waals surface area contributed by atoms with Gasteiger partial charge in [-0.15, -0.1) is 12.4 Å². The summed E-state index contributed by atoms with van der Waals surface area (Å²) in [7, 11) is 0. The van der Waals surface area contributed by atoms with Crippen molar-refractivity contribution in [2.45, 2.75) is 39.5 Å². The summed E-state index contributed by atoms with van der Waals surface area (Å²) in [5.74, 6) is 0. The Labute approximate surface area is 116 Å². The Morgan fingerprint density at radius 3 is 1.75 bits per heavy atom. The van der Waals surface area contributed by atoms with E-state index in [9.17, 15) is 0 Å². The smallest absolute Gasteiger partial charge is 0.147 e. The zero-order chi connectivity index (χ0) is 10.7. The van der Waals surface area contributed by atoms with Gasteiger partial charge in [-0.25, -0.2) is 0 Å². The van der Waals surface area contributed by atoms with Crippen LogP contribution in [0.15, 0.2) is 42.1 Å². The Hall–Kier alpha value is 0.120. The van der Waals surface area contributed by atoms with Crippen LogP contribution in [0.5, 0.6) is 0 Å². The molecule has 0 saturated carbocycles. The minimum absolute atomic E-state index is 0. The van der Waals surface area contributed by atoms with E-state index in [-0.39, 0.29) is 12.4 Å². The van der Waals surface area contributed by atoms with Gasteiger partial charge in [0.25, 0.3) is 0 Å². The van der Waals surface area contributed by atoms with Crippen LogP contribution in [0, 0.1) is 0 Å². The summed E-state index contributed by atoms with van der Waals surface area (Å²) in [6, 6.07) is 0. The van der Waals surface area contributed by atoms with Crippen molar-refractivity contribution in [3.05, 3.63) is 42.1 Å². The zero-order valence-electron chi connectivity index (χ0n) is 10.0. The Kier molecular flexibility index (Phi) is 5.99. The van der Waals surface area contributed by atoms with Crippen molar-refractivity contribution in [3.63, 3.8) is 0 Å². The fourth-order valence-electron chi connectivity index (χ4n) is 2.21. The van der Waals surface area contributed by atoms with Crippen LogP contribution < -0.4 is 0 Å². The van der Waals surface area contributed by atoms with Crippen molar-refractivity contribution in [2.24, 2.45) is 0 Å². The Bertz CT molecular complexity index is 336. The molecule has 0 fully saturated rings. The molecule has 0 N–H and O–H groups in total. The Morgan fingerprint density at radius 2 is 1.38 bits per heavy atom. The van der Waals surface area contributed by atoms with Crippen LogP contribution in [-0.2, 0) is 22.9 Å². The van der Waals surface area contributed by atoms with E-state index in [1.807, 2.05) is 6.66 Å². The predicted molar refractivity (Wildman–Crippen MR) is 69.4 cm³/mol. The maximum absolute atomic E-state index is 2.36. The number of halogens is 1. The average molecular weight is 401 g/mol.